The molecule has 0 fully saturated rings. The van der Waals surface area contributed by atoms with E-state index in [1.807, 2.05) is 0 Å². The second-order valence-electron chi connectivity index (χ2n) is 3.75. The molecule has 0 spiro atoms. The summed E-state index contributed by atoms with van der Waals surface area (Å²) >= 11 is 1.40. The molecule has 0 amide bonds. The molecule has 0 atom stereocenters. The Labute approximate surface area is 107 Å². The lowest BCUT2D eigenvalue weighted by atomic mass is 10.3. The van der Waals surface area contributed by atoms with Crippen LogP contribution in [0.2, 0.25) is 0 Å². The molecule has 0 bridgehead atoms. The lowest BCUT2D eigenvalue weighted by molar-refractivity contribution is 0.283. The van der Waals surface area contributed by atoms with Gasteiger partial charge in [-0.1, -0.05) is 18.3 Å². The minimum Gasteiger partial charge on any atom is -0.374 e. The number of nitriles is 1. The quantitative estimate of drug-likeness (QED) is 0.768. The van der Waals surface area contributed by atoms with Crippen molar-refractivity contribution in [3.63, 3.8) is 0 Å². The van der Waals surface area contributed by atoms with Crippen LogP contribution in [0, 0.1) is 11.3 Å². The van der Waals surface area contributed by atoms with E-state index < -0.39 is 0 Å². The van der Waals surface area contributed by atoms with Gasteiger partial charge >= 0.3 is 0 Å². The van der Waals surface area contributed by atoms with Gasteiger partial charge in [0.1, 0.15) is 10.7 Å². The van der Waals surface area contributed by atoms with Crippen LogP contribution in [0.15, 0.2) is 0 Å². The highest BCUT2D eigenvalue weighted by atomic mass is 32.1. The van der Waals surface area contributed by atoms with Crippen LogP contribution in [-0.2, 0) is 6.54 Å². The molecule has 94 valence electrons. The molecule has 17 heavy (non-hydrogen) atoms. The van der Waals surface area contributed by atoms with Gasteiger partial charge in [0.25, 0.3) is 0 Å². The number of nitrogens with zero attached hydrogens (tertiary/aromatic N) is 4. The molecule has 6 heteroatoms. The molecule has 0 aliphatic carbocycles. The zero-order valence-electron chi connectivity index (χ0n) is 10.4. The summed E-state index contributed by atoms with van der Waals surface area (Å²) in [6, 6.07) is 2.17. The van der Waals surface area contributed by atoms with Crippen molar-refractivity contribution in [1.82, 2.24) is 14.5 Å². The molecule has 1 rings (SSSR count). The minimum atomic E-state index is 0.559. The number of aromatic nitrogens is 2. The Balaban J connectivity index is 2.53. The van der Waals surface area contributed by atoms with Crippen molar-refractivity contribution in [2.45, 2.75) is 33.2 Å². The van der Waals surface area contributed by atoms with Crippen molar-refractivity contribution in [2.24, 2.45) is 0 Å². The average Bonchev–Trinajstić information content (AvgIpc) is 2.79. The van der Waals surface area contributed by atoms with Crippen LogP contribution in [0.4, 0.5) is 5.00 Å². The molecule has 1 aromatic heterocycles. The van der Waals surface area contributed by atoms with Gasteiger partial charge in [-0.05, 0) is 13.0 Å². The smallest absolute Gasteiger partial charge is 0.134 e. The summed E-state index contributed by atoms with van der Waals surface area (Å²) in [5.41, 5.74) is 0.989. The average molecular weight is 253 g/mol. The second-order valence-corrected chi connectivity index (χ2v) is 4.51. The molecule has 0 aliphatic rings. The monoisotopic (exact) mass is 253 g/mol. The molecular weight excluding hydrogens is 234 g/mol. The van der Waals surface area contributed by atoms with Crippen LogP contribution in [-0.4, -0.2) is 34.1 Å². The van der Waals surface area contributed by atoms with E-state index in [2.05, 4.69) is 39.7 Å². The Morgan fingerprint density at radius 3 is 2.94 bits per heavy atom. The zero-order chi connectivity index (χ0) is 12.5. The minimum absolute atomic E-state index is 0.559. The van der Waals surface area contributed by atoms with E-state index in [9.17, 15) is 0 Å². The molecular formula is C11H19N5S. The maximum Gasteiger partial charge on any atom is 0.134 e. The number of rotatable bonds is 8. The molecule has 0 aliphatic heterocycles. The fraction of sp³-hybridized carbons (Fsp3) is 0.727. The highest BCUT2D eigenvalue weighted by Crippen LogP contribution is 2.19. The first-order valence-corrected chi connectivity index (χ1v) is 6.73. The van der Waals surface area contributed by atoms with E-state index in [4.69, 9.17) is 5.26 Å². The van der Waals surface area contributed by atoms with Gasteiger partial charge < -0.3 is 5.32 Å². The molecule has 0 unspecified atom stereocenters. The highest BCUT2D eigenvalue weighted by Gasteiger charge is 2.11. The van der Waals surface area contributed by atoms with Crippen LogP contribution in [0.5, 0.6) is 0 Å². The largest absolute Gasteiger partial charge is 0.374 e. The molecule has 1 N–H and O–H groups in total. The molecule has 1 aromatic rings. The number of nitrogens with one attached hydrogen (secondary N) is 1. The van der Waals surface area contributed by atoms with Crippen molar-refractivity contribution < 1.29 is 0 Å². The summed E-state index contributed by atoms with van der Waals surface area (Å²) in [6.45, 7) is 7.65. The Kier molecular flexibility index (Phi) is 6.51. The lowest BCUT2D eigenvalue weighted by Gasteiger charge is -2.17. The van der Waals surface area contributed by atoms with Gasteiger partial charge in [0.15, 0.2) is 0 Å². The van der Waals surface area contributed by atoms with Crippen LogP contribution >= 0.6 is 11.5 Å². The lowest BCUT2D eigenvalue weighted by Crippen LogP contribution is -2.24. The molecule has 0 saturated carbocycles. The molecule has 0 radical (unpaired) electrons. The molecule has 0 aromatic carbocycles. The van der Waals surface area contributed by atoms with Crippen molar-refractivity contribution in [3.05, 3.63) is 5.69 Å². The maximum absolute atomic E-state index is 8.59. The van der Waals surface area contributed by atoms with Crippen molar-refractivity contribution in [3.8, 4) is 6.07 Å². The first kappa shape index (κ1) is 13.9. The normalized spacial score (nSPS) is 10.5. The van der Waals surface area contributed by atoms with E-state index in [0.717, 1.165) is 43.3 Å². The summed E-state index contributed by atoms with van der Waals surface area (Å²) in [7, 11) is 0. The summed E-state index contributed by atoms with van der Waals surface area (Å²) in [5.74, 6) is 0. The van der Waals surface area contributed by atoms with E-state index >= 15 is 0 Å². The van der Waals surface area contributed by atoms with Crippen molar-refractivity contribution in [1.29, 1.82) is 5.26 Å². The van der Waals surface area contributed by atoms with Crippen LogP contribution < -0.4 is 5.32 Å². The fourth-order valence-corrected chi connectivity index (χ4v) is 2.05. The maximum atomic E-state index is 8.59. The van der Waals surface area contributed by atoms with Gasteiger partial charge in [-0.15, -0.1) is 5.10 Å². The third kappa shape index (κ3) is 4.67. The Morgan fingerprint density at radius 1 is 1.47 bits per heavy atom. The molecule has 0 saturated heterocycles. The van der Waals surface area contributed by atoms with Crippen LogP contribution in [0.1, 0.15) is 32.4 Å². The third-order valence-corrected chi connectivity index (χ3v) is 3.18. The summed E-state index contributed by atoms with van der Waals surface area (Å²) in [4.78, 5) is 2.21. The van der Waals surface area contributed by atoms with E-state index in [1.54, 1.807) is 0 Å². The Morgan fingerprint density at radius 2 is 2.29 bits per heavy atom. The van der Waals surface area contributed by atoms with E-state index in [1.165, 1.54) is 11.5 Å². The molecule has 1 heterocycles. The van der Waals surface area contributed by atoms with Gasteiger partial charge in [-0.25, -0.2) is 0 Å². The predicted octanol–water partition coefficient (Wildman–Crippen LogP) is 2.10. The fourth-order valence-electron chi connectivity index (χ4n) is 1.45. The summed E-state index contributed by atoms with van der Waals surface area (Å²) in [5, 5.41) is 17.1. The second kappa shape index (κ2) is 7.98. The van der Waals surface area contributed by atoms with Gasteiger partial charge in [0, 0.05) is 37.6 Å². The van der Waals surface area contributed by atoms with E-state index in [0.29, 0.717) is 6.42 Å². The van der Waals surface area contributed by atoms with Crippen molar-refractivity contribution in [2.75, 3.05) is 25.0 Å². The number of hydrogen-bond donors (Lipinski definition) is 1. The number of hydrogen-bond acceptors (Lipinski definition) is 6. The van der Waals surface area contributed by atoms with Crippen LogP contribution in [0.25, 0.3) is 0 Å². The van der Waals surface area contributed by atoms with Gasteiger partial charge in [-0.2, -0.15) is 5.26 Å². The van der Waals surface area contributed by atoms with Crippen molar-refractivity contribution >= 4 is 16.5 Å². The highest BCUT2D eigenvalue weighted by molar-refractivity contribution is 7.10. The summed E-state index contributed by atoms with van der Waals surface area (Å²) in [6.07, 6.45) is 1.65. The predicted molar refractivity (Wildman–Crippen MR) is 69.9 cm³/mol. The Bertz CT molecular complexity index is 357. The zero-order valence-corrected chi connectivity index (χ0v) is 11.3. The van der Waals surface area contributed by atoms with Gasteiger partial charge in [0.05, 0.1) is 6.07 Å². The summed E-state index contributed by atoms with van der Waals surface area (Å²) < 4.78 is 3.98. The first-order valence-electron chi connectivity index (χ1n) is 5.96. The van der Waals surface area contributed by atoms with Gasteiger partial charge in [-0.3, -0.25) is 4.90 Å². The SMILES string of the molecule is CCCNc1snnc1CN(CC)CCC#N. The van der Waals surface area contributed by atoms with E-state index in [-0.39, 0.29) is 0 Å². The number of anilines is 1. The topological polar surface area (TPSA) is 64.8 Å². The first-order chi connectivity index (χ1) is 8.31. The molecule has 5 nitrogen and oxygen atoms in total. The standard InChI is InChI=1S/C11H19N5S/c1-3-7-13-11-10(14-15-17-11)9-16(4-2)8-5-6-12/h13H,3-5,7-9H2,1-2H3. The van der Waals surface area contributed by atoms with Gasteiger partial charge in [0.2, 0.25) is 0 Å². The van der Waals surface area contributed by atoms with Crippen LogP contribution in [0.3, 0.4) is 0 Å². The Hall–Kier alpha value is -1.19. The third-order valence-electron chi connectivity index (χ3n) is 2.45.